The smallest absolute Gasteiger partial charge is 0.228 e. The minimum absolute atomic E-state index is 0.0115. The second-order valence-electron chi connectivity index (χ2n) is 6.46. The average molecular weight is 360 g/mol. The van der Waals surface area contributed by atoms with Crippen LogP contribution in [0, 0.1) is 5.92 Å². The van der Waals surface area contributed by atoms with E-state index in [1.165, 1.54) is 0 Å². The van der Waals surface area contributed by atoms with Crippen molar-refractivity contribution in [1.82, 2.24) is 9.80 Å². The fourth-order valence-corrected chi connectivity index (χ4v) is 4.15. The summed E-state index contributed by atoms with van der Waals surface area (Å²) in [6, 6.07) is 5.68. The summed E-state index contributed by atoms with van der Waals surface area (Å²) >= 11 is 1.63. The zero-order valence-corrected chi connectivity index (χ0v) is 14.6. The van der Waals surface area contributed by atoms with Gasteiger partial charge in [-0.25, -0.2) is 0 Å². The Morgan fingerprint density at radius 2 is 2.24 bits per heavy atom. The second kappa shape index (κ2) is 7.01. The van der Waals surface area contributed by atoms with Crippen molar-refractivity contribution in [2.24, 2.45) is 5.92 Å². The number of thiophene rings is 1. The van der Waals surface area contributed by atoms with Gasteiger partial charge in [0.25, 0.3) is 0 Å². The van der Waals surface area contributed by atoms with Gasteiger partial charge < -0.3 is 19.0 Å². The maximum atomic E-state index is 12.9. The van der Waals surface area contributed by atoms with Crippen molar-refractivity contribution in [3.8, 4) is 0 Å². The molecule has 0 N–H and O–H groups in total. The summed E-state index contributed by atoms with van der Waals surface area (Å²) < 4.78 is 11.1. The van der Waals surface area contributed by atoms with Gasteiger partial charge in [0, 0.05) is 19.5 Å². The van der Waals surface area contributed by atoms with E-state index in [-0.39, 0.29) is 30.3 Å². The summed E-state index contributed by atoms with van der Waals surface area (Å²) in [7, 11) is 0. The van der Waals surface area contributed by atoms with Crippen molar-refractivity contribution in [2.45, 2.75) is 19.1 Å². The highest BCUT2D eigenvalue weighted by atomic mass is 32.1. The van der Waals surface area contributed by atoms with Crippen molar-refractivity contribution >= 4 is 23.2 Å². The van der Waals surface area contributed by atoms with Crippen LogP contribution in [0.15, 0.2) is 39.6 Å². The van der Waals surface area contributed by atoms with E-state index in [1.54, 1.807) is 28.6 Å². The Morgan fingerprint density at radius 3 is 3.00 bits per heavy atom. The van der Waals surface area contributed by atoms with Gasteiger partial charge in [0.2, 0.25) is 11.8 Å². The first-order valence-corrected chi connectivity index (χ1v) is 9.37. The van der Waals surface area contributed by atoms with E-state index in [0.717, 1.165) is 11.3 Å². The average Bonchev–Trinajstić information content (AvgIpc) is 3.38. The summed E-state index contributed by atoms with van der Waals surface area (Å²) in [5, 5.41) is 4.07. The van der Waals surface area contributed by atoms with Crippen LogP contribution in [0.1, 0.15) is 23.8 Å². The van der Waals surface area contributed by atoms with Gasteiger partial charge in [-0.1, -0.05) is 0 Å². The van der Waals surface area contributed by atoms with E-state index in [2.05, 4.69) is 5.38 Å². The lowest BCUT2D eigenvalue weighted by Gasteiger charge is -2.34. The minimum Gasteiger partial charge on any atom is -0.467 e. The summed E-state index contributed by atoms with van der Waals surface area (Å²) in [6.45, 7) is 2.55. The standard InChI is InChI=1S/C18H20N2O4S/c21-17-8-14(9-20(17)10-15-2-1-5-23-15)18(22)19-4-6-24-16(11-19)13-3-7-25-12-13/h1-3,5,7,12,14,16H,4,6,8-11H2. The van der Waals surface area contributed by atoms with E-state index in [9.17, 15) is 9.59 Å². The predicted octanol–water partition coefficient (Wildman–Crippen LogP) is 2.29. The molecule has 2 unspecified atom stereocenters. The number of hydrogen-bond donors (Lipinski definition) is 0. The molecule has 132 valence electrons. The number of carbonyl (C=O) groups excluding carboxylic acids is 2. The van der Waals surface area contributed by atoms with Gasteiger partial charge in [-0.15, -0.1) is 0 Å². The Bertz CT molecular complexity index is 728. The third-order valence-corrected chi connectivity index (χ3v) is 5.49. The lowest BCUT2D eigenvalue weighted by molar-refractivity contribution is -0.143. The van der Waals surface area contributed by atoms with Gasteiger partial charge in [0.05, 0.1) is 31.9 Å². The predicted molar refractivity (Wildman–Crippen MR) is 91.8 cm³/mol. The molecule has 0 bridgehead atoms. The van der Waals surface area contributed by atoms with Gasteiger partial charge in [0.15, 0.2) is 0 Å². The number of furan rings is 1. The number of ether oxygens (including phenoxy) is 1. The minimum atomic E-state index is -0.274. The Morgan fingerprint density at radius 1 is 1.32 bits per heavy atom. The summed E-state index contributed by atoms with van der Waals surface area (Å²) in [6.07, 6.45) is 1.80. The number of rotatable bonds is 4. The van der Waals surface area contributed by atoms with Gasteiger partial charge in [-0.05, 0) is 34.5 Å². The number of nitrogens with zero attached hydrogens (tertiary/aromatic N) is 2. The van der Waals surface area contributed by atoms with Crippen molar-refractivity contribution in [3.63, 3.8) is 0 Å². The van der Waals surface area contributed by atoms with Gasteiger partial charge in [0.1, 0.15) is 11.9 Å². The molecule has 0 saturated carbocycles. The van der Waals surface area contributed by atoms with Crippen LogP contribution in [0.2, 0.25) is 0 Å². The molecule has 2 atom stereocenters. The largest absolute Gasteiger partial charge is 0.467 e. The lowest BCUT2D eigenvalue weighted by Crippen LogP contribution is -2.45. The fraction of sp³-hybridized carbons (Fsp3) is 0.444. The molecule has 2 aromatic rings. The van der Waals surface area contributed by atoms with Crippen LogP contribution in [-0.2, 0) is 20.9 Å². The lowest BCUT2D eigenvalue weighted by atomic mass is 10.1. The summed E-state index contributed by atoms with van der Waals surface area (Å²) in [5.41, 5.74) is 1.12. The highest BCUT2D eigenvalue weighted by molar-refractivity contribution is 7.07. The molecule has 7 heteroatoms. The molecular formula is C18H20N2O4S. The highest BCUT2D eigenvalue weighted by Crippen LogP contribution is 2.27. The molecule has 2 saturated heterocycles. The van der Waals surface area contributed by atoms with Crippen LogP contribution in [0.5, 0.6) is 0 Å². The number of carbonyl (C=O) groups is 2. The SMILES string of the molecule is O=C1CC(C(=O)N2CCOC(c3ccsc3)C2)CN1Cc1ccco1. The van der Waals surface area contributed by atoms with E-state index in [4.69, 9.17) is 9.15 Å². The van der Waals surface area contributed by atoms with E-state index < -0.39 is 0 Å². The van der Waals surface area contributed by atoms with Crippen LogP contribution in [0.3, 0.4) is 0 Å². The Kier molecular flexibility index (Phi) is 4.59. The van der Waals surface area contributed by atoms with Crippen LogP contribution < -0.4 is 0 Å². The summed E-state index contributed by atoms with van der Waals surface area (Å²) in [5.74, 6) is 0.533. The Labute approximate surface area is 150 Å². The Balaban J connectivity index is 1.38. The molecule has 4 rings (SSSR count). The third-order valence-electron chi connectivity index (χ3n) is 4.78. The van der Waals surface area contributed by atoms with Crippen LogP contribution in [0.25, 0.3) is 0 Å². The first-order valence-electron chi connectivity index (χ1n) is 8.43. The summed E-state index contributed by atoms with van der Waals surface area (Å²) in [4.78, 5) is 28.7. The molecule has 2 aliphatic rings. The topological polar surface area (TPSA) is 63.0 Å². The second-order valence-corrected chi connectivity index (χ2v) is 7.24. The molecule has 0 spiro atoms. The zero-order valence-electron chi connectivity index (χ0n) is 13.8. The van der Waals surface area contributed by atoms with E-state index >= 15 is 0 Å². The van der Waals surface area contributed by atoms with Gasteiger partial charge in [-0.3, -0.25) is 9.59 Å². The molecule has 4 heterocycles. The normalized spacial score (nSPS) is 24.1. The van der Waals surface area contributed by atoms with Crippen molar-refractivity contribution in [3.05, 3.63) is 46.5 Å². The maximum Gasteiger partial charge on any atom is 0.228 e. The number of amides is 2. The first kappa shape index (κ1) is 16.4. The molecule has 6 nitrogen and oxygen atoms in total. The molecule has 0 aromatic carbocycles. The van der Waals surface area contributed by atoms with E-state index in [1.807, 2.05) is 22.4 Å². The monoisotopic (exact) mass is 360 g/mol. The van der Waals surface area contributed by atoms with Gasteiger partial charge in [-0.2, -0.15) is 11.3 Å². The first-order chi connectivity index (χ1) is 12.2. The van der Waals surface area contributed by atoms with E-state index in [0.29, 0.717) is 32.8 Å². The number of likely N-dealkylation sites (tertiary alicyclic amines) is 1. The zero-order chi connectivity index (χ0) is 17.2. The maximum absolute atomic E-state index is 12.9. The molecule has 25 heavy (non-hydrogen) atoms. The van der Waals surface area contributed by atoms with Crippen LogP contribution >= 0.6 is 11.3 Å². The van der Waals surface area contributed by atoms with Crippen molar-refractivity contribution < 1.29 is 18.7 Å². The van der Waals surface area contributed by atoms with Crippen LogP contribution in [0.4, 0.5) is 0 Å². The fourth-order valence-electron chi connectivity index (χ4n) is 3.45. The van der Waals surface area contributed by atoms with Crippen molar-refractivity contribution in [2.75, 3.05) is 26.2 Å². The number of hydrogen-bond acceptors (Lipinski definition) is 5. The molecular weight excluding hydrogens is 340 g/mol. The third kappa shape index (κ3) is 3.48. The molecule has 2 fully saturated rings. The highest BCUT2D eigenvalue weighted by Gasteiger charge is 2.38. The molecule has 0 radical (unpaired) electrons. The van der Waals surface area contributed by atoms with Crippen LogP contribution in [-0.4, -0.2) is 47.9 Å². The molecule has 2 amide bonds. The Hall–Kier alpha value is -2.12. The quantitative estimate of drug-likeness (QED) is 0.839. The molecule has 2 aliphatic heterocycles. The number of morpholine rings is 1. The molecule has 0 aliphatic carbocycles. The van der Waals surface area contributed by atoms with Crippen molar-refractivity contribution in [1.29, 1.82) is 0 Å². The van der Waals surface area contributed by atoms with Gasteiger partial charge >= 0.3 is 0 Å². The molecule has 2 aromatic heterocycles.